The predicted molar refractivity (Wildman–Crippen MR) is 54.0 cm³/mol. The van der Waals surface area contributed by atoms with E-state index in [1.807, 2.05) is 24.3 Å². The fourth-order valence-electron chi connectivity index (χ4n) is 1.49. The van der Waals surface area contributed by atoms with Gasteiger partial charge in [0.15, 0.2) is 0 Å². The van der Waals surface area contributed by atoms with Gasteiger partial charge in [0.25, 0.3) is 0 Å². The molecular formula is C10H7N5. The van der Waals surface area contributed by atoms with E-state index in [1.165, 1.54) is 6.33 Å². The normalized spacial score (nSPS) is 10.7. The lowest BCUT2D eigenvalue weighted by Gasteiger charge is -2.01. The molecule has 3 aromatic heterocycles. The van der Waals surface area contributed by atoms with Crippen LogP contribution in [0.5, 0.6) is 0 Å². The fraction of sp³-hybridized carbons (Fsp3) is 0. The highest BCUT2D eigenvalue weighted by molar-refractivity contribution is 5.59. The van der Waals surface area contributed by atoms with Crippen LogP contribution in [-0.2, 0) is 0 Å². The van der Waals surface area contributed by atoms with E-state index in [4.69, 9.17) is 0 Å². The van der Waals surface area contributed by atoms with E-state index in [0.717, 1.165) is 16.9 Å². The lowest BCUT2D eigenvalue weighted by molar-refractivity contribution is 0.858. The summed E-state index contributed by atoms with van der Waals surface area (Å²) < 4.78 is 1.75. The van der Waals surface area contributed by atoms with Crippen LogP contribution in [-0.4, -0.2) is 24.8 Å². The molecule has 0 bridgehead atoms. The first-order chi connectivity index (χ1) is 7.45. The van der Waals surface area contributed by atoms with Crippen LogP contribution in [0.15, 0.2) is 43.0 Å². The molecule has 0 fully saturated rings. The van der Waals surface area contributed by atoms with Crippen molar-refractivity contribution in [3.05, 3.63) is 43.0 Å². The highest BCUT2D eigenvalue weighted by Crippen LogP contribution is 2.16. The third-order valence-corrected chi connectivity index (χ3v) is 2.17. The quantitative estimate of drug-likeness (QED) is 0.588. The molecular weight excluding hydrogens is 190 g/mol. The molecule has 0 aromatic carbocycles. The van der Waals surface area contributed by atoms with Crippen LogP contribution in [0.4, 0.5) is 0 Å². The maximum absolute atomic E-state index is 4.18. The molecule has 72 valence electrons. The Bertz CT molecular complexity index is 587. The Morgan fingerprint density at radius 2 is 2.13 bits per heavy atom. The summed E-state index contributed by atoms with van der Waals surface area (Å²) in [5.41, 5.74) is 2.69. The number of hydrogen-bond donors (Lipinski definition) is 0. The molecule has 3 rings (SSSR count). The predicted octanol–water partition coefficient (Wildman–Crippen LogP) is 1.19. The average Bonchev–Trinajstić information content (AvgIpc) is 2.78. The minimum atomic E-state index is 0.834. The van der Waals surface area contributed by atoms with Gasteiger partial charge in [-0.25, -0.2) is 14.5 Å². The molecule has 0 aliphatic rings. The number of nitrogens with zero attached hydrogens (tertiary/aromatic N) is 5. The van der Waals surface area contributed by atoms with Gasteiger partial charge in [0, 0.05) is 6.20 Å². The first-order valence-electron chi connectivity index (χ1n) is 4.51. The van der Waals surface area contributed by atoms with Gasteiger partial charge in [0.1, 0.15) is 6.33 Å². The van der Waals surface area contributed by atoms with Crippen LogP contribution < -0.4 is 0 Å². The van der Waals surface area contributed by atoms with Crippen molar-refractivity contribution in [1.82, 2.24) is 24.8 Å². The van der Waals surface area contributed by atoms with Crippen LogP contribution in [0, 0.1) is 0 Å². The van der Waals surface area contributed by atoms with Crippen LogP contribution >= 0.6 is 0 Å². The average molecular weight is 197 g/mol. The van der Waals surface area contributed by atoms with Gasteiger partial charge in [-0.15, -0.1) is 5.10 Å². The van der Waals surface area contributed by atoms with E-state index >= 15 is 0 Å². The Labute approximate surface area is 85.4 Å². The van der Waals surface area contributed by atoms with E-state index in [0.29, 0.717) is 0 Å². The van der Waals surface area contributed by atoms with E-state index in [9.17, 15) is 0 Å². The monoisotopic (exact) mass is 197 g/mol. The zero-order valence-electron chi connectivity index (χ0n) is 7.78. The second-order valence-electron chi connectivity index (χ2n) is 3.08. The Kier molecular flexibility index (Phi) is 1.68. The van der Waals surface area contributed by atoms with Crippen LogP contribution in [0.25, 0.3) is 16.9 Å². The van der Waals surface area contributed by atoms with E-state index in [-0.39, 0.29) is 0 Å². The number of hydrogen-bond acceptors (Lipinski definition) is 4. The summed E-state index contributed by atoms with van der Waals surface area (Å²) in [7, 11) is 0. The van der Waals surface area contributed by atoms with Gasteiger partial charge < -0.3 is 0 Å². The minimum absolute atomic E-state index is 0.834. The van der Waals surface area contributed by atoms with Crippen LogP contribution in [0.2, 0.25) is 0 Å². The maximum Gasteiger partial charge on any atom is 0.116 e. The van der Waals surface area contributed by atoms with Crippen molar-refractivity contribution in [2.45, 2.75) is 0 Å². The lowest BCUT2D eigenvalue weighted by Crippen LogP contribution is -1.95. The highest BCUT2D eigenvalue weighted by Gasteiger charge is 2.04. The number of fused-ring (bicyclic) bond motifs is 1. The van der Waals surface area contributed by atoms with Crippen molar-refractivity contribution in [3.8, 4) is 11.4 Å². The summed E-state index contributed by atoms with van der Waals surface area (Å²) in [5.74, 6) is 0. The van der Waals surface area contributed by atoms with E-state index in [2.05, 4.69) is 20.3 Å². The first-order valence-corrected chi connectivity index (χ1v) is 4.51. The van der Waals surface area contributed by atoms with Gasteiger partial charge >= 0.3 is 0 Å². The molecule has 0 N–H and O–H groups in total. The highest BCUT2D eigenvalue weighted by atomic mass is 15.4. The lowest BCUT2D eigenvalue weighted by atomic mass is 10.2. The Morgan fingerprint density at radius 1 is 1.13 bits per heavy atom. The Hall–Kier alpha value is -2.30. The van der Waals surface area contributed by atoms with Gasteiger partial charge in [0.2, 0.25) is 0 Å². The van der Waals surface area contributed by atoms with Gasteiger partial charge in [0.05, 0.1) is 23.1 Å². The second kappa shape index (κ2) is 3.13. The molecule has 0 spiro atoms. The summed E-state index contributed by atoms with van der Waals surface area (Å²) in [6, 6.07) is 7.70. The summed E-state index contributed by atoms with van der Waals surface area (Å²) in [5, 5.41) is 7.86. The number of rotatable bonds is 1. The van der Waals surface area contributed by atoms with Crippen molar-refractivity contribution in [2.24, 2.45) is 0 Å². The molecule has 3 aromatic rings. The summed E-state index contributed by atoms with van der Waals surface area (Å²) in [6.45, 7) is 0. The van der Waals surface area contributed by atoms with E-state index in [1.54, 1.807) is 16.9 Å². The van der Waals surface area contributed by atoms with Gasteiger partial charge in [-0.2, -0.15) is 0 Å². The zero-order chi connectivity index (χ0) is 10.1. The van der Waals surface area contributed by atoms with Crippen LogP contribution in [0.1, 0.15) is 0 Å². The third kappa shape index (κ3) is 1.25. The standard InChI is InChI=1S/C10H7N5/c1-2-8-6-13-14-15(8)10(3-1)9-4-5-11-7-12-9/h1-7H. The number of pyridine rings is 1. The molecule has 0 saturated carbocycles. The number of aromatic nitrogens is 5. The molecule has 0 saturated heterocycles. The van der Waals surface area contributed by atoms with Crippen molar-refractivity contribution in [1.29, 1.82) is 0 Å². The summed E-state index contributed by atoms with van der Waals surface area (Å²) in [4.78, 5) is 8.06. The van der Waals surface area contributed by atoms with Crippen molar-refractivity contribution in [3.63, 3.8) is 0 Å². The SMILES string of the molecule is c1cc(-c2ccncn2)n2nncc2c1. The minimum Gasteiger partial charge on any atom is -0.245 e. The molecule has 0 aliphatic heterocycles. The smallest absolute Gasteiger partial charge is 0.116 e. The van der Waals surface area contributed by atoms with E-state index < -0.39 is 0 Å². The molecule has 5 nitrogen and oxygen atoms in total. The zero-order valence-corrected chi connectivity index (χ0v) is 7.78. The molecule has 0 aliphatic carbocycles. The second-order valence-corrected chi connectivity index (χ2v) is 3.08. The molecule has 3 heterocycles. The molecule has 15 heavy (non-hydrogen) atoms. The summed E-state index contributed by atoms with van der Waals surface area (Å²) >= 11 is 0. The van der Waals surface area contributed by atoms with Gasteiger partial charge in [-0.3, -0.25) is 0 Å². The molecule has 0 amide bonds. The molecule has 5 heteroatoms. The third-order valence-electron chi connectivity index (χ3n) is 2.17. The topological polar surface area (TPSA) is 56.0 Å². The fourth-order valence-corrected chi connectivity index (χ4v) is 1.49. The Balaban J connectivity index is 2.31. The first kappa shape index (κ1) is 8.05. The largest absolute Gasteiger partial charge is 0.245 e. The van der Waals surface area contributed by atoms with Crippen molar-refractivity contribution < 1.29 is 0 Å². The van der Waals surface area contributed by atoms with Crippen molar-refractivity contribution >= 4 is 5.52 Å². The van der Waals surface area contributed by atoms with Crippen LogP contribution in [0.3, 0.4) is 0 Å². The van der Waals surface area contributed by atoms with Gasteiger partial charge in [-0.05, 0) is 18.2 Å². The van der Waals surface area contributed by atoms with Gasteiger partial charge in [-0.1, -0.05) is 11.3 Å². The molecule has 0 radical (unpaired) electrons. The maximum atomic E-state index is 4.18. The molecule has 0 atom stereocenters. The van der Waals surface area contributed by atoms with Crippen molar-refractivity contribution in [2.75, 3.05) is 0 Å². The Morgan fingerprint density at radius 3 is 3.00 bits per heavy atom. The molecule has 0 unspecified atom stereocenters. The summed E-state index contributed by atoms with van der Waals surface area (Å²) in [6.07, 6.45) is 4.94.